The summed E-state index contributed by atoms with van der Waals surface area (Å²) >= 11 is 0. The van der Waals surface area contributed by atoms with E-state index in [1.54, 1.807) is 6.07 Å². The predicted octanol–water partition coefficient (Wildman–Crippen LogP) is 1.25. The van der Waals surface area contributed by atoms with Crippen LogP contribution in [0.5, 0.6) is 5.88 Å². The first-order valence-corrected chi connectivity index (χ1v) is 10.2. The molecular formula is C21H27FN6O2. The number of ether oxygens (including phenoxy) is 1. The highest BCUT2D eigenvalue weighted by atomic mass is 19.1. The van der Waals surface area contributed by atoms with E-state index in [-0.39, 0.29) is 24.4 Å². The van der Waals surface area contributed by atoms with E-state index >= 15 is 0 Å². The summed E-state index contributed by atoms with van der Waals surface area (Å²) in [5.74, 6) is -0.00691. The lowest BCUT2D eigenvalue weighted by molar-refractivity contribution is 0.0750. The van der Waals surface area contributed by atoms with Gasteiger partial charge in [0.15, 0.2) is 0 Å². The maximum atomic E-state index is 14.5. The number of halogens is 1. The lowest BCUT2D eigenvalue weighted by Crippen LogP contribution is -2.49. The molecule has 0 radical (unpaired) electrons. The largest absolute Gasteiger partial charge is 0.480 e. The van der Waals surface area contributed by atoms with Crippen molar-refractivity contribution in [3.63, 3.8) is 0 Å². The Labute approximate surface area is 174 Å². The first-order chi connectivity index (χ1) is 14.6. The van der Waals surface area contributed by atoms with Crippen molar-refractivity contribution in [2.75, 3.05) is 20.2 Å². The second-order valence-corrected chi connectivity index (χ2v) is 7.62. The van der Waals surface area contributed by atoms with Gasteiger partial charge >= 0.3 is 0 Å². The Bertz CT molecular complexity index is 950. The minimum absolute atomic E-state index is 0.104. The van der Waals surface area contributed by atoms with Crippen molar-refractivity contribution in [3.05, 3.63) is 41.6 Å². The number of aliphatic hydroxyl groups is 1. The number of rotatable bonds is 7. The Kier molecular flexibility index (Phi) is 6.51. The summed E-state index contributed by atoms with van der Waals surface area (Å²) in [6.07, 6.45) is 7.00. The van der Waals surface area contributed by atoms with E-state index in [0.717, 1.165) is 25.1 Å². The Hall–Kier alpha value is -2.62. The molecule has 160 valence electrons. The zero-order valence-electron chi connectivity index (χ0n) is 16.9. The van der Waals surface area contributed by atoms with Gasteiger partial charge in [-0.3, -0.25) is 4.99 Å². The number of methoxy groups -OCH3 is 1. The molecule has 1 saturated carbocycles. The van der Waals surface area contributed by atoms with Crippen molar-refractivity contribution in [1.29, 1.82) is 0 Å². The molecule has 2 aromatic rings. The van der Waals surface area contributed by atoms with Gasteiger partial charge in [0, 0.05) is 48.8 Å². The second-order valence-electron chi connectivity index (χ2n) is 7.62. The van der Waals surface area contributed by atoms with Crippen molar-refractivity contribution in [3.8, 4) is 5.88 Å². The molecule has 30 heavy (non-hydrogen) atoms. The number of aliphatic hydroxyl groups excluding tert-OH is 1. The molecule has 1 fully saturated rings. The number of benzene rings is 1. The Morgan fingerprint density at radius 1 is 1.27 bits per heavy atom. The highest BCUT2D eigenvalue weighted by molar-refractivity contribution is 5.78. The Morgan fingerprint density at radius 3 is 2.93 bits per heavy atom. The summed E-state index contributed by atoms with van der Waals surface area (Å²) in [4.78, 5) is 12.8. The molecule has 9 heteroatoms. The highest BCUT2D eigenvalue weighted by Gasteiger charge is 2.29. The van der Waals surface area contributed by atoms with Gasteiger partial charge in [-0.15, -0.1) is 0 Å². The Morgan fingerprint density at radius 2 is 2.17 bits per heavy atom. The van der Waals surface area contributed by atoms with Gasteiger partial charge in [0.2, 0.25) is 5.88 Å². The summed E-state index contributed by atoms with van der Waals surface area (Å²) in [6.45, 7) is 1.71. The Balaban J connectivity index is 1.35. The van der Waals surface area contributed by atoms with Crippen LogP contribution in [0.15, 0.2) is 35.2 Å². The van der Waals surface area contributed by atoms with Gasteiger partial charge in [-0.25, -0.2) is 14.4 Å². The standard InChI is InChI=1S/C21H27FN6O2/c1-30-20-12-27-18-5-3-16(22)15(21(18)28-20)11-26-17-4-2-13(8-19(17)29)25-10-14-9-23-6-7-24-14/h3,5-6,9,12-13,17,19,24-26,29H,2,4,7-8,10-11H2,1H3/t13-,17-,19+/m0/s1. The van der Waals surface area contributed by atoms with Crippen molar-refractivity contribution >= 4 is 17.2 Å². The average molecular weight is 414 g/mol. The predicted molar refractivity (Wildman–Crippen MR) is 113 cm³/mol. The third-order valence-corrected chi connectivity index (χ3v) is 5.64. The minimum Gasteiger partial charge on any atom is -0.480 e. The molecule has 1 aromatic heterocycles. The number of hydrogen-bond acceptors (Lipinski definition) is 8. The zero-order valence-corrected chi connectivity index (χ0v) is 16.9. The molecule has 0 amide bonds. The molecule has 0 unspecified atom stereocenters. The van der Waals surface area contributed by atoms with E-state index in [0.29, 0.717) is 35.4 Å². The SMILES string of the molecule is COc1cnc2ccc(F)c(CN[C@H]3CC[C@H](NCC4=CN=CCN4)C[C@H]3O)c2n1. The monoisotopic (exact) mass is 414 g/mol. The third kappa shape index (κ3) is 4.75. The van der Waals surface area contributed by atoms with Crippen LogP contribution in [-0.4, -0.2) is 59.7 Å². The average Bonchev–Trinajstić information content (AvgIpc) is 2.78. The summed E-state index contributed by atoms with van der Waals surface area (Å²) < 4.78 is 19.6. The van der Waals surface area contributed by atoms with Gasteiger partial charge in [-0.05, 0) is 31.4 Å². The molecule has 0 bridgehead atoms. The summed E-state index contributed by atoms with van der Waals surface area (Å²) in [5.41, 5.74) is 2.57. The van der Waals surface area contributed by atoms with Crippen molar-refractivity contribution < 1.29 is 14.2 Å². The van der Waals surface area contributed by atoms with E-state index in [9.17, 15) is 9.50 Å². The van der Waals surface area contributed by atoms with Gasteiger partial charge < -0.3 is 25.8 Å². The quantitative estimate of drug-likeness (QED) is 0.541. The maximum absolute atomic E-state index is 14.5. The van der Waals surface area contributed by atoms with E-state index in [1.807, 2.05) is 12.4 Å². The van der Waals surface area contributed by atoms with E-state index in [2.05, 4.69) is 30.9 Å². The normalized spacial score (nSPS) is 23.8. The van der Waals surface area contributed by atoms with Gasteiger partial charge in [0.25, 0.3) is 0 Å². The van der Waals surface area contributed by atoms with Crippen LogP contribution in [0.2, 0.25) is 0 Å². The minimum atomic E-state index is -0.513. The topological polar surface area (TPSA) is 104 Å². The van der Waals surface area contributed by atoms with Gasteiger partial charge in [-0.2, -0.15) is 0 Å². The van der Waals surface area contributed by atoms with Gasteiger partial charge in [0.1, 0.15) is 11.3 Å². The molecule has 0 spiro atoms. The number of fused-ring (bicyclic) bond motifs is 1. The molecule has 1 aromatic carbocycles. The maximum Gasteiger partial charge on any atom is 0.232 e. The van der Waals surface area contributed by atoms with Crippen LogP contribution in [0.25, 0.3) is 11.0 Å². The van der Waals surface area contributed by atoms with Gasteiger partial charge in [-0.1, -0.05) is 0 Å². The van der Waals surface area contributed by atoms with Crippen LogP contribution in [0, 0.1) is 5.82 Å². The first kappa shape index (κ1) is 20.6. The second kappa shape index (κ2) is 9.46. The number of hydrogen-bond donors (Lipinski definition) is 4. The van der Waals surface area contributed by atoms with E-state index in [4.69, 9.17) is 4.74 Å². The molecular weight excluding hydrogens is 387 g/mol. The van der Waals surface area contributed by atoms with Crippen molar-refractivity contribution in [2.45, 2.75) is 44.0 Å². The number of aromatic nitrogens is 2. The lowest BCUT2D eigenvalue weighted by atomic mass is 9.88. The molecule has 4 rings (SSSR count). The van der Waals surface area contributed by atoms with Crippen molar-refractivity contribution in [1.82, 2.24) is 25.9 Å². The summed E-state index contributed by atoms with van der Waals surface area (Å²) in [5, 5.41) is 20.7. The van der Waals surface area contributed by atoms with Crippen LogP contribution in [-0.2, 0) is 6.54 Å². The molecule has 1 aliphatic heterocycles. The molecule has 4 N–H and O–H groups in total. The number of aliphatic imine (C=N–C) groups is 1. The fourth-order valence-corrected chi connectivity index (χ4v) is 3.94. The van der Waals surface area contributed by atoms with Crippen LogP contribution in [0.1, 0.15) is 24.8 Å². The van der Waals surface area contributed by atoms with Gasteiger partial charge in [0.05, 0.1) is 31.5 Å². The smallest absolute Gasteiger partial charge is 0.232 e. The van der Waals surface area contributed by atoms with Crippen LogP contribution in [0.4, 0.5) is 4.39 Å². The highest BCUT2D eigenvalue weighted by Crippen LogP contribution is 2.23. The molecule has 8 nitrogen and oxygen atoms in total. The molecule has 1 aliphatic carbocycles. The first-order valence-electron chi connectivity index (χ1n) is 10.2. The van der Waals surface area contributed by atoms with E-state index < -0.39 is 6.10 Å². The fourth-order valence-electron chi connectivity index (χ4n) is 3.94. The molecule has 2 aliphatic rings. The van der Waals surface area contributed by atoms with Crippen LogP contribution >= 0.6 is 0 Å². The van der Waals surface area contributed by atoms with Crippen molar-refractivity contribution in [2.24, 2.45) is 4.99 Å². The summed E-state index contributed by atoms with van der Waals surface area (Å²) in [6, 6.07) is 3.13. The third-order valence-electron chi connectivity index (χ3n) is 5.64. The van der Waals surface area contributed by atoms with E-state index in [1.165, 1.54) is 19.4 Å². The zero-order chi connectivity index (χ0) is 20.9. The number of nitrogens with one attached hydrogen (secondary N) is 3. The molecule has 0 saturated heterocycles. The summed E-state index contributed by atoms with van der Waals surface area (Å²) in [7, 11) is 1.50. The number of nitrogens with zero attached hydrogens (tertiary/aromatic N) is 3. The van der Waals surface area contributed by atoms with Crippen LogP contribution < -0.4 is 20.7 Å². The van der Waals surface area contributed by atoms with Crippen LogP contribution in [0.3, 0.4) is 0 Å². The fraction of sp³-hybridized carbons (Fsp3) is 0.476. The molecule has 2 heterocycles. The molecule has 3 atom stereocenters. The lowest BCUT2D eigenvalue weighted by Gasteiger charge is -2.34.